The van der Waals surface area contributed by atoms with Gasteiger partial charge in [0.05, 0.1) is 22.1 Å². The van der Waals surface area contributed by atoms with Gasteiger partial charge in [-0.15, -0.1) is 0 Å². The van der Waals surface area contributed by atoms with Gasteiger partial charge in [-0.2, -0.15) is 0 Å². The van der Waals surface area contributed by atoms with E-state index >= 15 is 0 Å². The van der Waals surface area contributed by atoms with Gasteiger partial charge in [0.1, 0.15) is 23.3 Å². The highest BCUT2D eigenvalue weighted by atomic mass is 14.9. The summed E-state index contributed by atoms with van der Waals surface area (Å²) < 4.78 is 0. The molecule has 2 heterocycles. The summed E-state index contributed by atoms with van der Waals surface area (Å²) in [6.07, 6.45) is 1.93. The van der Waals surface area contributed by atoms with Crippen LogP contribution in [0, 0.1) is 0 Å². The first-order valence-electron chi connectivity index (χ1n) is 12.3. The summed E-state index contributed by atoms with van der Waals surface area (Å²) in [6, 6.07) is 20.0. The summed E-state index contributed by atoms with van der Waals surface area (Å²) in [6.45, 7) is 5.60. The molecule has 182 valence electrons. The average Bonchev–Trinajstić information content (AvgIpc) is 3.53. The van der Waals surface area contributed by atoms with Crippen LogP contribution in [0.2, 0.25) is 0 Å². The average molecular weight is 479 g/mol. The van der Waals surface area contributed by atoms with Crippen molar-refractivity contribution in [3.8, 4) is 22.8 Å². The van der Waals surface area contributed by atoms with E-state index < -0.39 is 0 Å². The number of benzene rings is 3. The molecule has 8 heteroatoms. The van der Waals surface area contributed by atoms with Gasteiger partial charge in [-0.25, -0.2) is 9.97 Å². The van der Waals surface area contributed by atoms with Crippen molar-refractivity contribution < 1.29 is 0 Å². The smallest absolute Gasteiger partial charge is 0.138 e. The Balaban J connectivity index is 1.39. The van der Waals surface area contributed by atoms with Gasteiger partial charge in [0.25, 0.3) is 0 Å². The molecule has 0 aliphatic carbocycles. The first kappa shape index (κ1) is 23.3. The lowest BCUT2D eigenvalue weighted by Gasteiger charge is -2.00. The third-order valence-electron chi connectivity index (χ3n) is 6.00. The molecule has 5 aromatic rings. The minimum absolute atomic E-state index is 0.549. The molecule has 5 rings (SSSR count). The summed E-state index contributed by atoms with van der Waals surface area (Å²) in [5, 5.41) is 0. The van der Waals surface area contributed by atoms with Crippen molar-refractivity contribution in [3.63, 3.8) is 0 Å². The van der Waals surface area contributed by atoms with E-state index in [1.807, 2.05) is 60.7 Å². The van der Waals surface area contributed by atoms with Crippen molar-refractivity contribution in [2.24, 2.45) is 21.5 Å². The Labute approximate surface area is 209 Å². The van der Waals surface area contributed by atoms with Crippen LogP contribution < -0.4 is 11.5 Å². The maximum absolute atomic E-state index is 6.13. The molecule has 0 aliphatic heterocycles. The highest BCUT2D eigenvalue weighted by Crippen LogP contribution is 2.26. The maximum Gasteiger partial charge on any atom is 0.138 e. The molecule has 36 heavy (non-hydrogen) atoms. The SMILES string of the molecule is CCCN=C(N)c1ccc2nc(-c3ccc(-c4nc5ccc(C(N)=NCCC)cc5[nH]4)cc3)[nH]c2c1. The van der Waals surface area contributed by atoms with E-state index in [1.54, 1.807) is 0 Å². The van der Waals surface area contributed by atoms with Crippen molar-refractivity contribution in [3.05, 3.63) is 71.8 Å². The quantitative estimate of drug-likeness (QED) is 0.184. The van der Waals surface area contributed by atoms with Crippen molar-refractivity contribution in [1.29, 1.82) is 0 Å². The standard InChI is InChI=1S/C28H30N8/c1-3-13-31-25(29)19-9-11-21-23(15-19)35-27(33-21)17-5-7-18(8-6-17)28-34-22-12-10-20(16-24(22)36-28)26(30)32-14-4-2/h5-12,15-16H,3-4,13-14H2,1-2H3,(H2,29,31)(H2,30,32)(H,33,35)(H,34,36). The molecule has 0 unspecified atom stereocenters. The molecule has 6 N–H and O–H groups in total. The zero-order chi connectivity index (χ0) is 25.1. The van der Waals surface area contributed by atoms with E-state index in [4.69, 9.17) is 21.4 Å². The Bertz CT molecular complexity index is 1450. The Morgan fingerprint density at radius 1 is 0.667 bits per heavy atom. The zero-order valence-corrected chi connectivity index (χ0v) is 20.5. The molecule has 0 aliphatic rings. The van der Waals surface area contributed by atoms with Gasteiger partial charge < -0.3 is 21.4 Å². The number of aliphatic imine (C=N–C) groups is 2. The van der Waals surface area contributed by atoms with Crippen molar-refractivity contribution in [2.45, 2.75) is 26.7 Å². The topological polar surface area (TPSA) is 134 Å². The lowest BCUT2D eigenvalue weighted by atomic mass is 10.1. The van der Waals surface area contributed by atoms with Crippen LogP contribution in [0.4, 0.5) is 0 Å². The lowest BCUT2D eigenvalue weighted by molar-refractivity contribution is 0.930. The number of nitrogens with one attached hydrogen (secondary N) is 2. The van der Waals surface area contributed by atoms with E-state index in [2.05, 4.69) is 33.8 Å². The molecule has 0 spiro atoms. The summed E-state index contributed by atoms with van der Waals surface area (Å²) in [5.41, 5.74) is 19.6. The van der Waals surface area contributed by atoms with Crippen LogP contribution in [-0.2, 0) is 0 Å². The van der Waals surface area contributed by atoms with Gasteiger partial charge >= 0.3 is 0 Å². The van der Waals surface area contributed by atoms with Crippen LogP contribution in [0.25, 0.3) is 44.8 Å². The summed E-state index contributed by atoms with van der Waals surface area (Å²) in [7, 11) is 0. The van der Waals surface area contributed by atoms with E-state index in [0.29, 0.717) is 11.7 Å². The van der Waals surface area contributed by atoms with Crippen LogP contribution in [0.5, 0.6) is 0 Å². The Morgan fingerprint density at radius 3 is 1.47 bits per heavy atom. The zero-order valence-electron chi connectivity index (χ0n) is 20.5. The number of aromatic amines is 2. The van der Waals surface area contributed by atoms with Gasteiger partial charge in [0.15, 0.2) is 0 Å². The summed E-state index contributed by atoms with van der Waals surface area (Å²) in [4.78, 5) is 25.1. The van der Waals surface area contributed by atoms with Crippen molar-refractivity contribution in [1.82, 2.24) is 19.9 Å². The second-order valence-electron chi connectivity index (χ2n) is 8.75. The molecule has 0 radical (unpaired) electrons. The third kappa shape index (κ3) is 4.70. The van der Waals surface area contributed by atoms with E-state index in [0.717, 1.165) is 81.9 Å². The monoisotopic (exact) mass is 478 g/mol. The van der Waals surface area contributed by atoms with Gasteiger partial charge in [0.2, 0.25) is 0 Å². The predicted molar refractivity (Wildman–Crippen MR) is 148 cm³/mol. The number of nitrogens with zero attached hydrogens (tertiary/aromatic N) is 4. The van der Waals surface area contributed by atoms with Gasteiger partial charge in [0, 0.05) is 35.3 Å². The molecule has 2 aromatic heterocycles. The molecule has 0 saturated carbocycles. The predicted octanol–water partition coefficient (Wildman–Crippen LogP) is 5.00. The number of H-pyrrole nitrogens is 2. The number of rotatable bonds is 8. The van der Waals surface area contributed by atoms with Gasteiger partial charge in [-0.1, -0.05) is 38.1 Å². The van der Waals surface area contributed by atoms with Crippen LogP contribution in [0.1, 0.15) is 37.8 Å². The molecule has 3 aromatic carbocycles. The van der Waals surface area contributed by atoms with E-state index in [9.17, 15) is 0 Å². The fourth-order valence-corrected chi connectivity index (χ4v) is 4.04. The van der Waals surface area contributed by atoms with Crippen LogP contribution in [0.15, 0.2) is 70.6 Å². The number of hydrogen-bond donors (Lipinski definition) is 4. The van der Waals surface area contributed by atoms with Gasteiger partial charge in [-0.3, -0.25) is 9.98 Å². The molecular formula is C28H30N8. The Morgan fingerprint density at radius 2 is 1.08 bits per heavy atom. The van der Waals surface area contributed by atoms with Crippen LogP contribution >= 0.6 is 0 Å². The Kier molecular flexibility index (Phi) is 6.49. The normalized spacial score (nSPS) is 12.6. The maximum atomic E-state index is 6.13. The number of nitrogens with two attached hydrogens (primary N) is 2. The number of hydrogen-bond acceptors (Lipinski definition) is 4. The van der Waals surface area contributed by atoms with E-state index in [-0.39, 0.29) is 0 Å². The fourth-order valence-electron chi connectivity index (χ4n) is 4.04. The molecular weight excluding hydrogens is 448 g/mol. The second kappa shape index (κ2) is 10.0. The first-order valence-corrected chi connectivity index (χ1v) is 12.3. The second-order valence-corrected chi connectivity index (χ2v) is 8.75. The minimum Gasteiger partial charge on any atom is -0.384 e. The Hall–Kier alpha value is -4.46. The summed E-state index contributed by atoms with van der Waals surface area (Å²) in [5.74, 6) is 2.70. The minimum atomic E-state index is 0.549. The first-order chi connectivity index (χ1) is 17.6. The van der Waals surface area contributed by atoms with Crippen molar-refractivity contribution >= 4 is 33.7 Å². The number of imidazole rings is 2. The van der Waals surface area contributed by atoms with E-state index in [1.165, 1.54) is 0 Å². The molecule has 0 atom stereocenters. The summed E-state index contributed by atoms with van der Waals surface area (Å²) >= 11 is 0. The lowest BCUT2D eigenvalue weighted by Crippen LogP contribution is -2.13. The fraction of sp³-hybridized carbons (Fsp3) is 0.214. The number of amidine groups is 2. The number of fused-ring (bicyclic) bond motifs is 2. The molecule has 8 nitrogen and oxygen atoms in total. The molecule has 0 amide bonds. The number of aromatic nitrogens is 4. The largest absolute Gasteiger partial charge is 0.384 e. The molecule has 0 saturated heterocycles. The molecule has 0 bridgehead atoms. The highest BCUT2D eigenvalue weighted by molar-refractivity contribution is 6.01. The van der Waals surface area contributed by atoms with Crippen LogP contribution in [0.3, 0.4) is 0 Å². The van der Waals surface area contributed by atoms with Gasteiger partial charge in [-0.05, 0) is 49.2 Å². The molecule has 0 fully saturated rings. The van der Waals surface area contributed by atoms with Crippen LogP contribution in [-0.4, -0.2) is 44.7 Å². The highest BCUT2D eigenvalue weighted by Gasteiger charge is 2.10. The van der Waals surface area contributed by atoms with Crippen molar-refractivity contribution in [2.75, 3.05) is 13.1 Å². The third-order valence-corrected chi connectivity index (χ3v) is 6.00.